The number of rotatable bonds is 3. The molecule has 1 aromatic rings. The number of hydrogen-bond donors (Lipinski definition) is 0. The normalized spacial score (nSPS) is 28.5. The molecule has 1 fully saturated rings. The summed E-state index contributed by atoms with van der Waals surface area (Å²) in [6.07, 6.45) is 3.84. The van der Waals surface area contributed by atoms with Gasteiger partial charge in [-0.3, -0.25) is 4.90 Å². The Bertz CT molecular complexity index is 371. The maximum atomic E-state index is 6.03. The lowest BCUT2D eigenvalue weighted by molar-refractivity contribution is 0.272. The van der Waals surface area contributed by atoms with Crippen molar-refractivity contribution in [1.29, 1.82) is 0 Å². The second kappa shape index (κ2) is 5.21. The fraction of sp³-hybridized carbons (Fsp3) is 0.571. The Labute approximate surface area is 113 Å². The van der Waals surface area contributed by atoms with Gasteiger partial charge >= 0.3 is 0 Å². The lowest BCUT2D eigenvalue weighted by Crippen LogP contribution is -2.36. The van der Waals surface area contributed by atoms with Crippen molar-refractivity contribution in [2.24, 2.45) is 0 Å². The monoisotopic (exact) mass is 267 g/mol. The summed E-state index contributed by atoms with van der Waals surface area (Å²) < 4.78 is 0. The van der Waals surface area contributed by atoms with Crippen LogP contribution in [0.1, 0.15) is 18.4 Å². The van der Waals surface area contributed by atoms with Crippen LogP contribution < -0.4 is 0 Å². The highest BCUT2D eigenvalue weighted by atomic mass is 35.5. The van der Waals surface area contributed by atoms with Crippen LogP contribution in [0.5, 0.6) is 0 Å². The molecule has 0 saturated carbocycles. The number of thioether (sulfide) groups is 1. The summed E-state index contributed by atoms with van der Waals surface area (Å²) in [6.45, 7) is 2.45. The number of likely N-dealkylation sites (tertiary alicyclic amines) is 1. The third-order valence-corrected chi connectivity index (χ3v) is 5.49. The summed E-state index contributed by atoms with van der Waals surface area (Å²) in [4.78, 5) is 4.08. The average Bonchev–Trinajstić information content (AvgIpc) is 2.94. The van der Waals surface area contributed by atoms with E-state index in [2.05, 4.69) is 40.9 Å². The van der Waals surface area contributed by atoms with Gasteiger partial charge < -0.3 is 0 Å². The van der Waals surface area contributed by atoms with Gasteiger partial charge in [-0.15, -0.1) is 23.4 Å². The van der Waals surface area contributed by atoms with Gasteiger partial charge in [-0.2, -0.15) is 0 Å². The lowest BCUT2D eigenvalue weighted by Gasteiger charge is -2.25. The van der Waals surface area contributed by atoms with E-state index in [1.54, 1.807) is 0 Å². The largest absolute Gasteiger partial charge is 0.298 e. The van der Waals surface area contributed by atoms with Crippen LogP contribution in [0.3, 0.4) is 0 Å². The van der Waals surface area contributed by atoms with Gasteiger partial charge in [-0.05, 0) is 37.4 Å². The van der Waals surface area contributed by atoms with Gasteiger partial charge in [0.2, 0.25) is 0 Å². The minimum atomic E-state index is 0.626. The van der Waals surface area contributed by atoms with Crippen molar-refractivity contribution in [2.75, 3.05) is 19.0 Å². The molecule has 1 nitrogen and oxygen atoms in total. The molecule has 0 radical (unpaired) electrons. The van der Waals surface area contributed by atoms with Crippen LogP contribution >= 0.6 is 23.4 Å². The highest BCUT2D eigenvalue weighted by Crippen LogP contribution is 2.37. The van der Waals surface area contributed by atoms with Crippen molar-refractivity contribution in [3.63, 3.8) is 0 Å². The Hall–Kier alpha value is -0.180. The molecule has 0 amide bonds. The Morgan fingerprint density at radius 1 is 1.35 bits per heavy atom. The zero-order valence-corrected chi connectivity index (χ0v) is 11.5. The molecule has 2 aliphatic heterocycles. The number of hydrogen-bond acceptors (Lipinski definition) is 2. The summed E-state index contributed by atoms with van der Waals surface area (Å²) in [5, 5.41) is 0.733. The molecular formula is C14H18ClNS. The van der Waals surface area contributed by atoms with Gasteiger partial charge in [0.1, 0.15) is 0 Å². The molecule has 17 heavy (non-hydrogen) atoms. The Kier molecular flexibility index (Phi) is 3.64. The quantitative estimate of drug-likeness (QED) is 0.773. The number of nitrogens with zero attached hydrogens (tertiary/aromatic N) is 1. The molecule has 0 aliphatic carbocycles. The first-order valence-electron chi connectivity index (χ1n) is 6.41. The standard InChI is InChI=1S/C14H18ClNS/c15-9-12-5-3-7-16(12)10-13-8-11-4-1-2-6-14(11)17-13/h1-2,4,6,12-13H,3,5,7-10H2. The molecule has 3 rings (SSSR count). The van der Waals surface area contributed by atoms with Crippen LogP contribution in [0.25, 0.3) is 0 Å². The first kappa shape index (κ1) is 11.9. The molecule has 3 heteroatoms. The predicted molar refractivity (Wildman–Crippen MR) is 75.1 cm³/mol. The maximum Gasteiger partial charge on any atom is 0.0379 e. The Morgan fingerprint density at radius 3 is 3.06 bits per heavy atom. The van der Waals surface area contributed by atoms with E-state index in [0.29, 0.717) is 6.04 Å². The molecule has 1 aromatic carbocycles. The fourth-order valence-electron chi connectivity index (χ4n) is 2.93. The van der Waals surface area contributed by atoms with E-state index in [-0.39, 0.29) is 0 Å². The molecule has 2 heterocycles. The second-order valence-electron chi connectivity index (χ2n) is 5.00. The molecule has 0 bridgehead atoms. The minimum absolute atomic E-state index is 0.626. The van der Waals surface area contributed by atoms with Gasteiger partial charge in [0.25, 0.3) is 0 Å². The third-order valence-electron chi connectivity index (χ3n) is 3.83. The number of benzene rings is 1. The van der Waals surface area contributed by atoms with Gasteiger partial charge in [0.05, 0.1) is 0 Å². The molecular weight excluding hydrogens is 250 g/mol. The smallest absolute Gasteiger partial charge is 0.0379 e. The first-order valence-corrected chi connectivity index (χ1v) is 7.83. The second-order valence-corrected chi connectivity index (χ2v) is 6.65. The van der Waals surface area contributed by atoms with Crippen molar-refractivity contribution in [3.05, 3.63) is 29.8 Å². The summed E-state index contributed by atoms with van der Waals surface area (Å²) in [6, 6.07) is 9.44. The minimum Gasteiger partial charge on any atom is -0.298 e. The van der Waals surface area contributed by atoms with Gasteiger partial charge in [0, 0.05) is 28.6 Å². The van der Waals surface area contributed by atoms with E-state index in [1.165, 1.54) is 42.8 Å². The van der Waals surface area contributed by atoms with Gasteiger partial charge in [-0.1, -0.05) is 18.2 Å². The van der Waals surface area contributed by atoms with Crippen LogP contribution in [0, 0.1) is 0 Å². The van der Waals surface area contributed by atoms with Gasteiger partial charge in [0.15, 0.2) is 0 Å². The van der Waals surface area contributed by atoms with Crippen molar-refractivity contribution >= 4 is 23.4 Å². The summed E-state index contributed by atoms with van der Waals surface area (Å²) in [7, 11) is 0. The van der Waals surface area contributed by atoms with E-state index in [9.17, 15) is 0 Å². The van der Waals surface area contributed by atoms with Crippen LogP contribution in [-0.2, 0) is 6.42 Å². The molecule has 92 valence electrons. The average molecular weight is 268 g/mol. The zero-order valence-electron chi connectivity index (χ0n) is 9.94. The summed E-state index contributed by atoms with van der Waals surface area (Å²) in [5.74, 6) is 0.796. The lowest BCUT2D eigenvalue weighted by atomic mass is 10.1. The highest BCUT2D eigenvalue weighted by Gasteiger charge is 2.29. The summed E-state index contributed by atoms with van der Waals surface area (Å²) in [5.41, 5.74) is 1.53. The SMILES string of the molecule is ClCC1CCCN1CC1Cc2ccccc2S1. The van der Waals surface area contributed by atoms with Crippen LogP contribution in [0.2, 0.25) is 0 Å². The van der Waals surface area contributed by atoms with E-state index < -0.39 is 0 Å². The topological polar surface area (TPSA) is 3.24 Å². The van der Waals surface area contributed by atoms with E-state index in [4.69, 9.17) is 11.6 Å². The number of alkyl halides is 1. The van der Waals surface area contributed by atoms with Crippen LogP contribution in [-0.4, -0.2) is 35.2 Å². The van der Waals surface area contributed by atoms with E-state index in [1.807, 2.05) is 0 Å². The van der Waals surface area contributed by atoms with Crippen molar-refractivity contribution in [1.82, 2.24) is 4.90 Å². The molecule has 0 aromatic heterocycles. The predicted octanol–water partition coefficient (Wildman–Crippen LogP) is 3.41. The fourth-order valence-corrected chi connectivity index (χ4v) is 4.62. The molecule has 0 N–H and O–H groups in total. The van der Waals surface area contributed by atoms with Crippen LogP contribution in [0.15, 0.2) is 29.2 Å². The highest BCUT2D eigenvalue weighted by molar-refractivity contribution is 8.00. The van der Waals surface area contributed by atoms with Crippen molar-refractivity contribution < 1.29 is 0 Å². The third kappa shape index (κ3) is 2.49. The number of halogens is 1. The zero-order chi connectivity index (χ0) is 11.7. The van der Waals surface area contributed by atoms with Gasteiger partial charge in [-0.25, -0.2) is 0 Å². The van der Waals surface area contributed by atoms with Crippen molar-refractivity contribution in [3.8, 4) is 0 Å². The molecule has 1 saturated heterocycles. The first-order chi connectivity index (χ1) is 8.36. The van der Waals surface area contributed by atoms with Crippen molar-refractivity contribution in [2.45, 2.75) is 35.4 Å². The van der Waals surface area contributed by atoms with E-state index >= 15 is 0 Å². The molecule has 2 atom stereocenters. The summed E-state index contributed by atoms with van der Waals surface area (Å²) >= 11 is 8.08. The Balaban J connectivity index is 1.62. The molecule has 2 aliphatic rings. The number of fused-ring (bicyclic) bond motifs is 1. The maximum absolute atomic E-state index is 6.03. The Morgan fingerprint density at radius 2 is 2.24 bits per heavy atom. The van der Waals surface area contributed by atoms with Crippen LogP contribution in [0.4, 0.5) is 0 Å². The molecule has 0 spiro atoms. The molecule has 2 unspecified atom stereocenters. The van der Waals surface area contributed by atoms with E-state index in [0.717, 1.165) is 11.1 Å².